The fourth-order valence-corrected chi connectivity index (χ4v) is 3.35. The van der Waals surface area contributed by atoms with Crippen LogP contribution in [0.5, 0.6) is 0 Å². The van der Waals surface area contributed by atoms with E-state index < -0.39 is 15.8 Å². The lowest BCUT2D eigenvalue weighted by Crippen LogP contribution is -2.10. The first-order chi connectivity index (χ1) is 11.4. The van der Waals surface area contributed by atoms with Crippen LogP contribution in [-0.2, 0) is 10.0 Å². The third kappa shape index (κ3) is 3.81. The van der Waals surface area contributed by atoms with Gasteiger partial charge in [-0.05, 0) is 59.2 Å². The molecule has 24 heavy (non-hydrogen) atoms. The molecule has 0 aromatic heterocycles. The van der Waals surface area contributed by atoms with E-state index in [4.69, 9.17) is 0 Å². The van der Waals surface area contributed by atoms with Gasteiger partial charge in [-0.3, -0.25) is 4.72 Å². The second-order valence-corrected chi connectivity index (χ2v) is 7.08. The number of sulfonamides is 1. The molecule has 0 saturated carbocycles. The van der Waals surface area contributed by atoms with E-state index in [2.05, 4.69) is 4.72 Å². The highest BCUT2D eigenvalue weighted by Crippen LogP contribution is 2.19. The molecule has 3 rings (SSSR count). The van der Waals surface area contributed by atoms with Crippen LogP contribution >= 0.6 is 0 Å². The van der Waals surface area contributed by atoms with Crippen LogP contribution in [-0.4, -0.2) is 8.42 Å². The molecule has 0 fully saturated rings. The Balaban J connectivity index is 1.83. The van der Waals surface area contributed by atoms with Gasteiger partial charge in [0.2, 0.25) is 0 Å². The first-order valence-electron chi connectivity index (χ1n) is 7.39. The smallest absolute Gasteiger partial charge is 0.255 e. The first-order valence-corrected chi connectivity index (χ1v) is 8.93. The predicted molar refractivity (Wildman–Crippen MR) is 96.7 cm³/mol. The summed E-state index contributed by atoms with van der Waals surface area (Å²) in [6.07, 6.45) is 1.54. The van der Waals surface area contributed by atoms with Gasteiger partial charge in [-0.15, -0.1) is 0 Å². The van der Waals surface area contributed by atoms with Crippen LogP contribution < -0.4 is 4.72 Å². The summed E-state index contributed by atoms with van der Waals surface area (Å²) in [6.45, 7) is 1.65. The Hall–Kier alpha value is -2.66. The normalized spacial score (nSPS) is 11.9. The van der Waals surface area contributed by atoms with E-state index in [1.807, 2.05) is 42.5 Å². The van der Waals surface area contributed by atoms with Gasteiger partial charge in [0.25, 0.3) is 10.0 Å². The minimum absolute atomic E-state index is 0.361. The standard InChI is InChI=1S/C19H16FNO2S/c1-14-12-18(20)8-9-19(14)21-24(22,23)11-10-15-6-7-16-4-2-3-5-17(16)13-15/h2-13,21H,1H3/b11-10+. The van der Waals surface area contributed by atoms with Crippen LogP contribution in [0.2, 0.25) is 0 Å². The Morgan fingerprint density at radius 3 is 2.46 bits per heavy atom. The van der Waals surface area contributed by atoms with E-state index >= 15 is 0 Å². The van der Waals surface area contributed by atoms with Gasteiger partial charge in [-0.1, -0.05) is 36.4 Å². The van der Waals surface area contributed by atoms with Crippen LogP contribution in [0.3, 0.4) is 0 Å². The fourth-order valence-electron chi connectivity index (χ4n) is 2.41. The minimum atomic E-state index is -3.67. The second kappa shape index (κ2) is 6.45. The molecule has 0 amide bonds. The molecule has 0 heterocycles. The maximum Gasteiger partial charge on any atom is 0.255 e. The Kier molecular flexibility index (Phi) is 4.36. The Bertz CT molecular complexity index is 1030. The van der Waals surface area contributed by atoms with E-state index in [0.29, 0.717) is 11.3 Å². The summed E-state index contributed by atoms with van der Waals surface area (Å²) in [5.74, 6) is -0.401. The largest absolute Gasteiger partial charge is 0.280 e. The lowest BCUT2D eigenvalue weighted by Gasteiger charge is -2.07. The predicted octanol–water partition coefficient (Wildman–Crippen LogP) is 4.70. The van der Waals surface area contributed by atoms with Crippen LogP contribution in [0.25, 0.3) is 16.8 Å². The molecule has 0 bridgehead atoms. The van der Waals surface area contributed by atoms with Crippen LogP contribution in [0.1, 0.15) is 11.1 Å². The molecule has 5 heteroatoms. The maximum atomic E-state index is 13.1. The van der Waals surface area contributed by atoms with Gasteiger partial charge in [0.05, 0.1) is 11.1 Å². The van der Waals surface area contributed by atoms with Crippen molar-refractivity contribution in [1.82, 2.24) is 0 Å². The summed E-state index contributed by atoms with van der Waals surface area (Å²) in [7, 11) is -3.67. The maximum absolute atomic E-state index is 13.1. The molecule has 3 nitrogen and oxygen atoms in total. The molecular formula is C19H16FNO2S. The van der Waals surface area contributed by atoms with Gasteiger partial charge in [0.1, 0.15) is 5.82 Å². The van der Waals surface area contributed by atoms with Crippen LogP contribution in [0.4, 0.5) is 10.1 Å². The van der Waals surface area contributed by atoms with Crippen LogP contribution in [0, 0.1) is 12.7 Å². The quantitative estimate of drug-likeness (QED) is 0.747. The average Bonchev–Trinajstić information content (AvgIpc) is 2.55. The third-order valence-electron chi connectivity index (χ3n) is 3.65. The highest BCUT2D eigenvalue weighted by molar-refractivity contribution is 7.95. The monoisotopic (exact) mass is 341 g/mol. The van der Waals surface area contributed by atoms with Gasteiger partial charge in [-0.25, -0.2) is 12.8 Å². The lowest BCUT2D eigenvalue weighted by atomic mass is 10.1. The molecule has 0 aliphatic carbocycles. The number of anilines is 1. The molecular weight excluding hydrogens is 325 g/mol. The van der Waals surface area contributed by atoms with Gasteiger partial charge in [0, 0.05) is 0 Å². The molecule has 3 aromatic rings. The van der Waals surface area contributed by atoms with E-state index in [0.717, 1.165) is 21.7 Å². The number of fused-ring (bicyclic) bond motifs is 1. The molecule has 122 valence electrons. The molecule has 0 aliphatic rings. The van der Waals surface area contributed by atoms with Gasteiger partial charge in [-0.2, -0.15) is 0 Å². The summed E-state index contributed by atoms with van der Waals surface area (Å²) in [5, 5.41) is 3.25. The number of benzene rings is 3. The Morgan fingerprint density at radius 1 is 0.958 bits per heavy atom. The van der Waals surface area contributed by atoms with Crippen molar-refractivity contribution in [2.24, 2.45) is 0 Å². The molecule has 0 radical (unpaired) electrons. The first kappa shape index (κ1) is 16.2. The highest BCUT2D eigenvalue weighted by atomic mass is 32.2. The average molecular weight is 341 g/mol. The van der Waals surface area contributed by atoms with Gasteiger partial charge < -0.3 is 0 Å². The van der Waals surface area contributed by atoms with Crippen molar-refractivity contribution in [1.29, 1.82) is 0 Å². The molecule has 0 spiro atoms. The fraction of sp³-hybridized carbons (Fsp3) is 0.0526. The number of hydrogen-bond acceptors (Lipinski definition) is 2. The van der Waals surface area contributed by atoms with E-state index in [1.54, 1.807) is 6.92 Å². The van der Waals surface area contributed by atoms with Crippen molar-refractivity contribution < 1.29 is 12.8 Å². The zero-order chi connectivity index (χ0) is 17.2. The van der Waals surface area contributed by atoms with Gasteiger partial charge in [0.15, 0.2) is 0 Å². The topological polar surface area (TPSA) is 46.2 Å². The summed E-state index contributed by atoms with van der Waals surface area (Å²) in [5.41, 5.74) is 1.67. The third-order valence-corrected chi connectivity index (χ3v) is 4.65. The zero-order valence-electron chi connectivity index (χ0n) is 13.0. The van der Waals surface area contributed by atoms with Gasteiger partial charge >= 0.3 is 0 Å². The number of rotatable bonds is 4. The van der Waals surface area contributed by atoms with Crippen LogP contribution in [0.15, 0.2) is 66.1 Å². The Labute approximate surface area is 140 Å². The molecule has 0 unspecified atom stereocenters. The Morgan fingerprint density at radius 2 is 1.71 bits per heavy atom. The SMILES string of the molecule is Cc1cc(F)ccc1NS(=O)(=O)/C=C/c1ccc2ccccc2c1. The van der Waals surface area contributed by atoms with E-state index in [9.17, 15) is 12.8 Å². The van der Waals surface area contributed by atoms with E-state index in [-0.39, 0.29) is 0 Å². The molecule has 0 saturated heterocycles. The number of hydrogen-bond donors (Lipinski definition) is 1. The second-order valence-electron chi connectivity index (χ2n) is 5.52. The minimum Gasteiger partial charge on any atom is -0.280 e. The van der Waals surface area contributed by atoms with E-state index in [1.165, 1.54) is 24.3 Å². The lowest BCUT2D eigenvalue weighted by molar-refractivity contribution is 0.609. The molecule has 0 atom stereocenters. The molecule has 0 aliphatic heterocycles. The zero-order valence-corrected chi connectivity index (χ0v) is 13.8. The van der Waals surface area contributed by atoms with Crippen molar-refractivity contribution >= 4 is 32.6 Å². The van der Waals surface area contributed by atoms with Crippen molar-refractivity contribution in [2.75, 3.05) is 4.72 Å². The summed E-state index contributed by atoms with van der Waals surface area (Å²) in [6, 6.07) is 17.5. The van der Waals surface area contributed by atoms with Crippen molar-refractivity contribution in [3.63, 3.8) is 0 Å². The number of halogens is 1. The number of nitrogens with one attached hydrogen (secondary N) is 1. The highest BCUT2D eigenvalue weighted by Gasteiger charge is 2.08. The molecule has 3 aromatic carbocycles. The van der Waals surface area contributed by atoms with Crippen molar-refractivity contribution in [3.05, 3.63) is 83.0 Å². The number of aryl methyl sites for hydroxylation is 1. The summed E-state index contributed by atoms with van der Waals surface area (Å²) >= 11 is 0. The molecule has 1 N–H and O–H groups in total. The van der Waals surface area contributed by atoms with Crippen molar-refractivity contribution in [2.45, 2.75) is 6.92 Å². The summed E-state index contributed by atoms with van der Waals surface area (Å²) in [4.78, 5) is 0. The summed E-state index contributed by atoms with van der Waals surface area (Å²) < 4.78 is 39.9. The van der Waals surface area contributed by atoms with Crippen molar-refractivity contribution in [3.8, 4) is 0 Å².